The Morgan fingerprint density at radius 2 is 1.95 bits per heavy atom. The minimum absolute atomic E-state index is 0.232. The molecule has 0 saturated heterocycles. The highest BCUT2D eigenvalue weighted by Gasteiger charge is 2.15. The zero-order valence-electron chi connectivity index (χ0n) is 10.9. The van der Waals surface area contributed by atoms with Crippen LogP contribution >= 0.6 is 11.6 Å². The van der Waals surface area contributed by atoms with E-state index in [1.165, 1.54) is 6.07 Å². The van der Waals surface area contributed by atoms with Gasteiger partial charge < -0.3 is 15.2 Å². The number of aliphatic hydroxyl groups is 1. The number of benzene rings is 2. The summed E-state index contributed by atoms with van der Waals surface area (Å²) in [5.74, 6) is 0.284. The van der Waals surface area contributed by atoms with Gasteiger partial charge in [0, 0.05) is 16.3 Å². The fraction of sp³-hybridized carbons (Fsp3) is 0.200. The van der Waals surface area contributed by atoms with E-state index in [0.717, 1.165) is 11.4 Å². The highest BCUT2D eigenvalue weighted by molar-refractivity contribution is 6.30. The molecule has 0 spiro atoms. The van der Waals surface area contributed by atoms with Crippen LogP contribution in [0.25, 0.3) is 0 Å². The van der Waals surface area contributed by atoms with Crippen molar-refractivity contribution in [3.8, 4) is 5.75 Å². The largest absolute Gasteiger partial charge is 0.497 e. The van der Waals surface area contributed by atoms with E-state index in [0.29, 0.717) is 10.6 Å². The molecule has 0 amide bonds. The van der Waals surface area contributed by atoms with Gasteiger partial charge in [0.1, 0.15) is 11.6 Å². The van der Waals surface area contributed by atoms with Crippen LogP contribution in [-0.4, -0.2) is 18.8 Å². The van der Waals surface area contributed by atoms with Crippen LogP contribution in [-0.2, 0) is 0 Å². The van der Waals surface area contributed by atoms with Gasteiger partial charge in [0.05, 0.1) is 19.8 Å². The molecule has 0 aliphatic carbocycles. The molecule has 5 heteroatoms. The van der Waals surface area contributed by atoms with Crippen molar-refractivity contribution in [3.05, 3.63) is 58.9 Å². The van der Waals surface area contributed by atoms with E-state index in [1.54, 1.807) is 43.5 Å². The number of aliphatic hydroxyl groups excluding tert-OH is 1. The van der Waals surface area contributed by atoms with Gasteiger partial charge >= 0.3 is 0 Å². The normalized spacial score (nSPS) is 12.0. The van der Waals surface area contributed by atoms with Crippen LogP contribution in [0.5, 0.6) is 5.75 Å². The maximum absolute atomic E-state index is 13.9. The molecule has 20 heavy (non-hydrogen) atoms. The Bertz CT molecular complexity index is 575. The second kappa shape index (κ2) is 6.59. The van der Waals surface area contributed by atoms with Crippen molar-refractivity contribution in [3.63, 3.8) is 0 Å². The van der Waals surface area contributed by atoms with Crippen molar-refractivity contribution < 1.29 is 14.2 Å². The smallest absolute Gasteiger partial charge is 0.130 e. The van der Waals surface area contributed by atoms with Gasteiger partial charge in [-0.05, 0) is 36.4 Å². The summed E-state index contributed by atoms with van der Waals surface area (Å²) in [4.78, 5) is 0. The maximum atomic E-state index is 13.9. The fourth-order valence-electron chi connectivity index (χ4n) is 1.89. The molecular weight excluding hydrogens is 281 g/mol. The first kappa shape index (κ1) is 14.6. The lowest BCUT2D eigenvalue weighted by molar-refractivity contribution is 0.274. The molecule has 0 saturated carbocycles. The number of anilines is 1. The lowest BCUT2D eigenvalue weighted by atomic mass is 10.1. The Hall–Kier alpha value is -1.78. The molecule has 106 valence electrons. The van der Waals surface area contributed by atoms with E-state index in [1.807, 2.05) is 0 Å². The molecule has 2 rings (SSSR count). The monoisotopic (exact) mass is 295 g/mol. The van der Waals surface area contributed by atoms with Gasteiger partial charge in [-0.15, -0.1) is 0 Å². The summed E-state index contributed by atoms with van der Waals surface area (Å²) in [6, 6.07) is 11.0. The molecule has 3 nitrogen and oxygen atoms in total. The zero-order chi connectivity index (χ0) is 14.5. The fourth-order valence-corrected chi connectivity index (χ4v) is 2.05. The highest BCUT2D eigenvalue weighted by atomic mass is 35.5. The average molecular weight is 296 g/mol. The average Bonchev–Trinajstić information content (AvgIpc) is 2.46. The predicted octanol–water partition coefficient (Wildman–Crippen LogP) is 3.63. The van der Waals surface area contributed by atoms with E-state index >= 15 is 0 Å². The van der Waals surface area contributed by atoms with Crippen molar-refractivity contribution >= 4 is 17.3 Å². The van der Waals surface area contributed by atoms with Crippen LogP contribution in [0.3, 0.4) is 0 Å². The molecule has 0 aliphatic rings. The highest BCUT2D eigenvalue weighted by Crippen LogP contribution is 2.25. The third kappa shape index (κ3) is 3.40. The number of hydrogen-bond donors (Lipinski definition) is 2. The van der Waals surface area contributed by atoms with Crippen LogP contribution in [0.4, 0.5) is 10.1 Å². The second-order valence-corrected chi connectivity index (χ2v) is 4.71. The van der Waals surface area contributed by atoms with Crippen molar-refractivity contribution in [1.82, 2.24) is 0 Å². The summed E-state index contributed by atoms with van der Waals surface area (Å²) in [6.07, 6.45) is 0. The van der Waals surface area contributed by atoms with Gasteiger partial charge in [0.2, 0.25) is 0 Å². The molecule has 2 aromatic rings. The number of hydrogen-bond acceptors (Lipinski definition) is 3. The molecule has 1 atom stereocenters. The Balaban J connectivity index is 2.19. The Morgan fingerprint density at radius 1 is 1.25 bits per heavy atom. The predicted molar refractivity (Wildman–Crippen MR) is 77.9 cm³/mol. The number of nitrogens with one attached hydrogen (secondary N) is 1. The summed E-state index contributed by atoms with van der Waals surface area (Å²) < 4.78 is 18.9. The van der Waals surface area contributed by atoms with E-state index in [2.05, 4.69) is 5.32 Å². The minimum atomic E-state index is -0.541. The van der Waals surface area contributed by atoms with Crippen LogP contribution in [0, 0.1) is 5.82 Å². The lowest BCUT2D eigenvalue weighted by Gasteiger charge is -2.19. The molecule has 2 N–H and O–H groups in total. The van der Waals surface area contributed by atoms with Crippen LogP contribution < -0.4 is 10.1 Å². The summed E-state index contributed by atoms with van der Waals surface area (Å²) in [5.41, 5.74) is 1.13. The summed E-state index contributed by atoms with van der Waals surface area (Å²) >= 11 is 5.72. The standard InChI is InChI=1S/C15H15ClFNO2/c1-20-12-5-3-11(4-6-12)18-15(9-19)13-7-2-10(16)8-14(13)17/h2-8,15,18-19H,9H2,1H3. The molecular formula is C15H15ClFNO2. The number of rotatable bonds is 5. The number of methoxy groups -OCH3 is 1. The second-order valence-electron chi connectivity index (χ2n) is 4.27. The quantitative estimate of drug-likeness (QED) is 0.885. The van der Waals surface area contributed by atoms with Gasteiger partial charge in [-0.3, -0.25) is 0 Å². The SMILES string of the molecule is COc1ccc(NC(CO)c2ccc(Cl)cc2F)cc1. The molecule has 0 heterocycles. The van der Waals surface area contributed by atoms with Gasteiger partial charge in [-0.25, -0.2) is 4.39 Å². The molecule has 0 aliphatic heterocycles. The molecule has 1 unspecified atom stereocenters. The first-order valence-electron chi connectivity index (χ1n) is 6.10. The first-order valence-corrected chi connectivity index (χ1v) is 6.48. The zero-order valence-corrected chi connectivity index (χ0v) is 11.7. The molecule has 0 fully saturated rings. The molecule has 2 aromatic carbocycles. The third-order valence-corrected chi connectivity index (χ3v) is 3.19. The Kier molecular flexibility index (Phi) is 4.82. The number of halogens is 2. The van der Waals surface area contributed by atoms with E-state index < -0.39 is 11.9 Å². The van der Waals surface area contributed by atoms with Crippen LogP contribution in [0.15, 0.2) is 42.5 Å². The summed E-state index contributed by atoms with van der Waals surface area (Å²) in [7, 11) is 1.59. The van der Waals surface area contributed by atoms with Crippen molar-refractivity contribution in [2.24, 2.45) is 0 Å². The van der Waals surface area contributed by atoms with Crippen molar-refractivity contribution in [1.29, 1.82) is 0 Å². The summed E-state index contributed by atoms with van der Waals surface area (Å²) in [5, 5.41) is 12.8. The van der Waals surface area contributed by atoms with Crippen LogP contribution in [0.1, 0.15) is 11.6 Å². The van der Waals surface area contributed by atoms with E-state index in [-0.39, 0.29) is 6.61 Å². The number of ether oxygens (including phenoxy) is 1. The van der Waals surface area contributed by atoms with Crippen molar-refractivity contribution in [2.45, 2.75) is 6.04 Å². The van der Waals surface area contributed by atoms with Gasteiger partial charge in [0.15, 0.2) is 0 Å². The third-order valence-electron chi connectivity index (χ3n) is 2.95. The van der Waals surface area contributed by atoms with E-state index in [4.69, 9.17) is 16.3 Å². The first-order chi connectivity index (χ1) is 9.63. The molecule has 0 bridgehead atoms. The van der Waals surface area contributed by atoms with Gasteiger partial charge in [-0.1, -0.05) is 17.7 Å². The Morgan fingerprint density at radius 3 is 2.50 bits per heavy atom. The maximum Gasteiger partial charge on any atom is 0.130 e. The Labute approximate surface area is 122 Å². The summed E-state index contributed by atoms with van der Waals surface area (Å²) in [6.45, 7) is -0.232. The van der Waals surface area contributed by atoms with E-state index in [9.17, 15) is 9.50 Å². The van der Waals surface area contributed by atoms with Gasteiger partial charge in [0.25, 0.3) is 0 Å². The van der Waals surface area contributed by atoms with Crippen LogP contribution in [0.2, 0.25) is 5.02 Å². The lowest BCUT2D eigenvalue weighted by Crippen LogP contribution is -2.16. The van der Waals surface area contributed by atoms with Gasteiger partial charge in [-0.2, -0.15) is 0 Å². The topological polar surface area (TPSA) is 41.5 Å². The minimum Gasteiger partial charge on any atom is -0.497 e. The molecule has 0 radical (unpaired) electrons. The van der Waals surface area contributed by atoms with Crippen molar-refractivity contribution in [2.75, 3.05) is 19.0 Å². The molecule has 0 aromatic heterocycles.